The van der Waals surface area contributed by atoms with Gasteiger partial charge in [0.25, 0.3) is 0 Å². The van der Waals surface area contributed by atoms with Crippen LogP contribution in [0.5, 0.6) is 0 Å². The zero-order valence-electron chi connectivity index (χ0n) is 9.54. The SMILES string of the molecule is Cc1nc(-c2ccccc2)c2c(Br)c(Cl)[nH]c2n1. The van der Waals surface area contributed by atoms with Crippen molar-refractivity contribution in [2.45, 2.75) is 6.92 Å². The van der Waals surface area contributed by atoms with E-state index in [0.29, 0.717) is 11.0 Å². The van der Waals surface area contributed by atoms with E-state index in [-0.39, 0.29) is 0 Å². The van der Waals surface area contributed by atoms with E-state index in [1.807, 2.05) is 37.3 Å². The van der Waals surface area contributed by atoms with E-state index in [4.69, 9.17) is 11.6 Å². The van der Waals surface area contributed by atoms with Crippen LogP contribution in [0.3, 0.4) is 0 Å². The number of benzene rings is 1. The molecule has 2 aromatic heterocycles. The third-order valence-corrected chi connectivity index (χ3v) is 4.01. The fourth-order valence-corrected chi connectivity index (χ4v) is 2.60. The second-order valence-corrected chi connectivity index (χ2v) is 5.13. The summed E-state index contributed by atoms with van der Waals surface area (Å²) < 4.78 is 0.804. The number of halogens is 2. The van der Waals surface area contributed by atoms with Gasteiger partial charge in [-0.3, -0.25) is 0 Å². The Bertz CT molecular complexity index is 722. The van der Waals surface area contributed by atoms with Crippen molar-refractivity contribution >= 4 is 38.6 Å². The average Bonchev–Trinajstić information content (AvgIpc) is 2.65. The van der Waals surface area contributed by atoms with Crippen LogP contribution in [0, 0.1) is 6.92 Å². The lowest BCUT2D eigenvalue weighted by molar-refractivity contribution is 1.08. The Kier molecular flexibility index (Phi) is 2.84. The smallest absolute Gasteiger partial charge is 0.143 e. The molecule has 3 rings (SSSR count). The Morgan fingerprint density at radius 2 is 1.89 bits per heavy atom. The van der Waals surface area contributed by atoms with Crippen molar-refractivity contribution in [2.24, 2.45) is 0 Å². The van der Waals surface area contributed by atoms with Crippen LogP contribution in [-0.2, 0) is 0 Å². The first-order chi connectivity index (χ1) is 8.66. The van der Waals surface area contributed by atoms with E-state index in [9.17, 15) is 0 Å². The molecule has 0 bridgehead atoms. The van der Waals surface area contributed by atoms with Gasteiger partial charge in [0.05, 0.1) is 15.6 Å². The summed E-state index contributed by atoms with van der Waals surface area (Å²) in [6.07, 6.45) is 0. The van der Waals surface area contributed by atoms with E-state index in [1.54, 1.807) is 0 Å². The molecule has 1 N–H and O–H groups in total. The Morgan fingerprint density at radius 3 is 2.61 bits per heavy atom. The number of aromatic nitrogens is 3. The largest absolute Gasteiger partial charge is 0.329 e. The summed E-state index contributed by atoms with van der Waals surface area (Å²) in [6, 6.07) is 10.00. The van der Waals surface area contributed by atoms with E-state index in [1.165, 1.54) is 0 Å². The number of aryl methyl sites for hydroxylation is 1. The lowest BCUT2D eigenvalue weighted by Crippen LogP contribution is -1.92. The Morgan fingerprint density at radius 1 is 1.17 bits per heavy atom. The monoisotopic (exact) mass is 321 g/mol. The van der Waals surface area contributed by atoms with Gasteiger partial charge in [0, 0.05) is 5.56 Å². The van der Waals surface area contributed by atoms with Crippen molar-refractivity contribution < 1.29 is 0 Å². The Labute approximate surface area is 117 Å². The van der Waals surface area contributed by atoms with Gasteiger partial charge in [-0.15, -0.1) is 0 Å². The predicted molar refractivity (Wildman–Crippen MR) is 76.8 cm³/mol. The molecule has 90 valence electrons. The summed E-state index contributed by atoms with van der Waals surface area (Å²) in [7, 11) is 0. The van der Waals surface area contributed by atoms with Crippen LogP contribution in [0.1, 0.15) is 5.82 Å². The maximum absolute atomic E-state index is 6.09. The average molecular weight is 323 g/mol. The molecule has 0 amide bonds. The molecule has 0 aliphatic rings. The van der Waals surface area contributed by atoms with Crippen molar-refractivity contribution in [1.29, 1.82) is 0 Å². The quantitative estimate of drug-likeness (QED) is 0.723. The van der Waals surface area contributed by atoms with Gasteiger partial charge in [-0.25, -0.2) is 9.97 Å². The zero-order valence-corrected chi connectivity index (χ0v) is 11.9. The molecule has 0 fully saturated rings. The van der Waals surface area contributed by atoms with Gasteiger partial charge in [-0.05, 0) is 22.9 Å². The zero-order chi connectivity index (χ0) is 12.7. The molecule has 0 atom stereocenters. The fraction of sp³-hybridized carbons (Fsp3) is 0.0769. The number of H-pyrrole nitrogens is 1. The van der Waals surface area contributed by atoms with Crippen LogP contribution in [0.25, 0.3) is 22.3 Å². The Hall–Kier alpha value is -1.39. The maximum Gasteiger partial charge on any atom is 0.143 e. The molecule has 0 radical (unpaired) electrons. The normalized spacial score (nSPS) is 11.1. The molecular weight excluding hydrogens is 314 g/mol. The van der Waals surface area contributed by atoms with Crippen LogP contribution in [0.4, 0.5) is 0 Å². The molecule has 3 nitrogen and oxygen atoms in total. The van der Waals surface area contributed by atoms with Crippen molar-refractivity contribution in [3.8, 4) is 11.3 Å². The molecule has 5 heteroatoms. The van der Waals surface area contributed by atoms with Gasteiger partial charge in [0.2, 0.25) is 0 Å². The molecule has 0 spiro atoms. The number of rotatable bonds is 1. The third-order valence-electron chi connectivity index (χ3n) is 2.71. The van der Waals surface area contributed by atoms with Crippen LogP contribution >= 0.6 is 27.5 Å². The lowest BCUT2D eigenvalue weighted by Gasteiger charge is -2.04. The molecule has 3 aromatic rings. The van der Waals surface area contributed by atoms with Crippen molar-refractivity contribution in [3.63, 3.8) is 0 Å². The number of fused-ring (bicyclic) bond motifs is 1. The van der Waals surface area contributed by atoms with Gasteiger partial charge in [-0.1, -0.05) is 41.9 Å². The molecule has 0 aliphatic carbocycles. The summed E-state index contributed by atoms with van der Waals surface area (Å²) in [5.74, 6) is 0.715. The molecule has 1 aromatic carbocycles. The van der Waals surface area contributed by atoms with Gasteiger partial charge in [-0.2, -0.15) is 0 Å². The van der Waals surface area contributed by atoms with Crippen LogP contribution in [0.15, 0.2) is 34.8 Å². The van der Waals surface area contributed by atoms with Gasteiger partial charge in [0.1, 0.15) is 16.6 Å². The minimum Gasteiger partial charge on any atom is -0.329 e. The van der Waals surface area contributed by atoms with Crippen LogP contribution < -0.4 is 0 Å². The second kappa shape index (κ2) is 4.37. The van der Waals surface area contributed by atoms with Gasteiger partial charge in [0.15, 0.2) is 0 Å². The summed E-state index contributed by atoms with van der Waals surface area (Å²) in [5.41, 5.74) is 2.68. The van der Waals surface area contributed by atoms with E-state index in [0.717, 1.165) is 26.8 Å². The first kappa shape index (κ1) is 11.7. The summed E-state index contributed by atoms with van der Waals surface area (Å²) in [4.78, 5) is 11.9. The minimum atomic E-state index is 0.544. The summed E-state index contributed by atoms with van der Waals surface area (Å²) in [6.45, 7) is 1.87. The first-order valence-corrected chi connectivity index (χ1v) is 6.60. The highest BCUT2D eigenvalue weighted by atomic mass is 79.9. The summed E-state index contributed by atoms with van der Waals surface area (Å²) in [5, 5.41) is 1.46. The molecule has 0 aliphatic heterocycles. The number of hydrogen-bond donors (Lipinski definition) is 1. The molecule has 0 saturated heterocycles. The minimum absolute atomic E-state index is 0.544. The van der Waals surface area contributed by atoms with Crippen molar-refractivity contribution in [3.05, 3.63) is 45.8 Å². The molecule has 2 heterocycles. The molecule has 0 unspecified atom stereocenters. The highest BCUT2D eigenvalue weighted by Gasteiger charge is 2.15. The standard InChI is InChI=1S/C13H9BrClN3/c1-7-16-11(8-5-3-2-4-6-8)9-10(14)12(15)18-13(9)17-7/h2-6H,1H3,(H,16,17,18). The first-order valence-electron chi connectivity index (χ1n) is 5.43. The summed E-state index contributed by atoms with van der Waals surface area (Å²) >= 11 is 9.57. The maximum atomic E-state index is 6.09. The number of aromatic amines is 1. The third kappa shape index (κ3) is 1.82. The van der Waals surface area contributed by atoms with Crippen LogP contribution in [-0.4, -0.2) is 15.0 Å². The van der Waals surface area contributed by atoms with Gasteiger partial charge >= 0.3 is 0 Å². The predicted octanol–water partition coefficient (Wildman–Crippen LogP) is 4.35. The van der Waals surface area contributed by atoms with E-state index >= 15 is 0 Å². The number of hydrogen-bond acceptors (Lipinski definition) is 2. The highest BCUT2D eigenvalue weighted by Crippen LogP contribution is 2.36. The second-order valence-electron chi connectivity index (χ2n) is 3.96. The van der Waals surface area contributed by atoms with Crippen molar-refractivity contribution in [1.82, 2.24) is 15.0 Å². The molecule has 0 saturated carbocycles. The van der Waals surface area contributed by atoms with Crippen LogP contribution in [0.2, 0.25) is 5.15 Å². The fourth-order valence-electron chi connectivity index (χ4n) is 1.94. The number of nitrogens with zero attached hydrogens (tertiary/aromatic N) is 2. The van der Waals surface area contributed by atoms with E-state index < -0.39 is 0 Å². The molecule has 18 heavy (non-hydrogen) atoms. The Balaban J connectivity index is 2.41. The van der Waals surface area contributed by atoms with Crippen molar-refractivity contribution in [2.75, 3.05) is 0 Å². The highest BCUT2D eigenvalue weighted by molar-refractivity contribution is 9.10. The number of nitrogens with one attached hydrogen (secondary N) is 1. The van der Waals surface area contributed by atoms with E-state index in [2.05, 4.69) is 30.9 Å². The van der Waals surface area contributed by atoms with Gasteiger partial charge < -0.3 is 4.98 Å². The topological polar surface area (TPSA) is 41.6 Å². The molecular formula is C13H9BrClN3. The lowest BCUT2D eigenvalue weighted by atomic mass is 10.1.